The Kier molecular flexibility index (Phi) is 6.24. The second kappa shape index (κ2) is 8.91. The van der Waals surface area contributed by atoms with Gasteiger partial charge in [0, 0.05) is 12.0 Å². The third-order valence-electron chi connectivity index (χ3n) is 6.81. The molecule has 0 N–H and O–H groups in total. The van der Waals surface area contributed by atoms with E-state index in [0.717, 1.165) is 46.5 Å². The molecule has 5 heteroatoms. The molecule has 4 rings (SSSR count). The summed E-state index contributed by atoms with van der Waals surface area (Å²) in [4.78, 5) is 13.3. The summed E-state index contributed by atoms with van der Waals surface area (Å²) in [5.74, 6) is 2.30. The van der Waals surface area contributed by atoms with Crippen LogP contribution in [0.2, 0.25) is 0 Å². The zero-order chi connectivity index (χ0) is 22.0. The number of hydrogen-bond donors (Lipinski definition) is 0. The fraction of sp³-hybridized carbons (Fsp3) is 0.500. The molecule has 0 aromatic heterocycles. The normalized spacial score (nSPS) is 18.5. The number of rotatable bonds is 8. The molecule has 1 unspecified atom stereocenters. The van der Waals surface area contributed by atoms with E-state index >= 15 is 0 Å². The molecule has 1 atom stereocenters. The van der Waals surface area contributed by atoms with Crippen LogP contribution in [0.4, 0.5) is 0 Å². The summed E-state index contributed by atoms with van der Waals surface area (Å²) in [6, 6.07) is 10.3. The molecule has 166 valence electrons. The van der Waals surface area contributed by atoms with Crippen LogP contribution < -0.4 is 14.2 Å². The van der Waals surface area contributed by atoms with Crippen LogP contribution in [0.25, 0.3) is 0 Å². The van der Waals surface area contributed by atoms with E-state index in [4.69, 9.17) is 14.2 Å². The first-order valence-corrected chi connectivity index (χ1v) is 11.4. The van der Waals surface area contributed by atoms with Crippen LogP contribution in [0.5, 0.6) is 17.2 Å². The van der Waals surface area contributed by atoms with E-state index in [9.17, 15) is 4.79 Å². The average Bonchev–Trinajstić information content (AvgIpc) is 3.23. The van der Waals surface area contributed by atoms with Gasteiger partial charge in [-0.1, -0.05) is 44.0 Å². The summed E-state index contributed by atoms with van der Waals surface area (Å²) in [5.41, 5.74) is 4.37. The smallest absolute Gasteiger partial charge is 0.231 e. The summed E-state index contributed by atoms with van der Waals surface area (Å²) in [7, 11) is 6.06. The fourth-order valence-electron chi connectivity index (χ4n) is 4.85. The zero-order valence-corrected chi connectivity index (χ0v) is 19.2. The van der Waals surface area contributed by atoms with Crippen LogP contribution in [0.1, 0.15) is 65.7 Å². The van der Waals surface area contributed by atoms with E-state index in [2.05, 4.69) is 39.2 Å². The van der Waals surface area contributed by atoms with Gasteiger partial charge in [-0.05, 0) is 30.0 Å². The topological polar surface area (TPSA) is 44.8 Å². The van der Waals surface area contributed by atoms with Crippen molar-refractivity contribution in [1.29, 1.82) is 0 Å². The molecular weight excluding hydrogens is 390 g/mol. The first-order chi connectivity index (χ1) is 14.9. The maximum atomic E-state index is 13.3. The Hall–Kier alpha value is -2.53. The standard InChI is InChI=1S/C26H34NO4/c1-5-6-7-8-18-9-11-19(12-10-18)22(28)16-21-24-20(13-14-27(21,2)3)15-23-25(26(24)29-4)31-17-30-23/h9-12,15,21H,5-8,13-14,16-17H2,1-4H3/q+1. The number of likely N-dealkylation sites (N-methyl/N-ethyl adjacent to an activating group) is 1. The molecule has 0 amide bonds. The zero-order valence-electron chi connectivity index (χ0n) is 19.2. The maximum absolute atomic E-state index is 13.3. The molecule has 2 aromatic carbocycles. The van der Waals surface area contributed by atoms with Gasteiger partial charge < -0.3 is 18.7 Å². The van der Waals surface area contributed by atoms with Crippen molar-refractivity contribution in [3.8, 4) is 17.2 Å². The third kappa shape index (κ3) is 4.29. The van der Waals surface area contributed by atoms with Crippen molar-refractivity contribution in [2.45, 2.75) is 51.5 Å². The summed E-state index contributed by atoms with van der Waals surface area (Å²) in [6.07, 6.45) is 6.10. The van der Waals surface area contributed by atoms with Crippen LogP contribution in [-0.4, -0.2) is 44.8 Å². The molecule has 0 fully saturated rings. The molecule has 5 nitrogen and oxygen atoms in total. The highest BCUT2D eigenvalue weighted by Crippen LogP contribution is 2.51. The fourth-order valence-corrected chi connectivity index (χ4v) is 4.85. The molecule has 31 heavy (non-hydrogen) atoms. The van der Waals surface area contributed by atoms with Crippen molar-refractivity contribution in [3.63, 3.8) is 0 Å². The molecule has 0 saturated carbocycles. The summed E-state index contributed by atoms with van der Waals surface area (Å²) in [5, 5.41) is 0. The van der Waals surface area contributed by atoms with Crippen molar-refractivity contribution in [3.05, 3.63) is 52.6 Å². The molecule has 2 aromatic rings. The van der Waals surface area contributed by atoms with Crippen LogP contribution >= 0.6 is 0 Å². The van der Waals surface area contributed by atoms with Crippen molar-refractivity contribution in [2.75, 3.05) is 34.5 Å². The van der Waals surface area contributed by atoms with E-state index < -0.39 is 0 Å². The van der Waals surface area contributed by atoms with Gasteiger partial charge >= 0.3 is 0 Å². The second-order valence-electron chi connectivity index (χ2n) is 9.27. The van der Waals surface area contributed by atoms with Gasteiger partial charge in [-0.15, -0.1) is 0 Å². The summed E-state index contributed by atoms with van der Waals surface area (Å²) >= 11 is 0. The Morgan fingerprint density at radius 3 is 2.65 bits per heavy atom. The van der Waals surface area contributed by atoms with Gasteiger partial charge in [0.1, 0.15) is 6.04 Å². The third-order valence-corrected chi connectivity index (χ3v) is 6.81. The van der Waals surface area contributed by atoms with E-state index in [-0.39, 0.29) is 18.6 Å². The van der Waals surface area contributed by atoms with Gasteiger partial charge in [0.05, 0.1) is 39.7 Å². The predicted molar refractivity (Wildman–Crippen MR) is 121 cm³/mol. The lowest BCUT2D eigenvalue weighted by atomic mass is 9.85. The minimum atomic E-state index is 0.00457. The highest BCUT2D eigenvalue weighted by atomic mass is 16.7. The average molecular weight is 425 g/mol. The second-order valence-corrected chi connectivity index (χ2v) is 9.27. The molecule has 2 heterocycles. The monoisotopic (exact) mass is 424 g/mol. The number of hydrogen-bond acceptors (Lipinski definition) is 4. The van der Waals surface area contributed by atoms with Gasteiger partial charge in [-0.2, -0.15) is 0 Å². The number of unbranched alkanes of at least 4 members (excludes halogenated alkanes) is 2. The number of carbonyl (C=O) groups is 1. The lowest BCUT2D eigenvalue weighted by Crippen LogP contribution is -2.48. The number of ketones is 1. The molecule has 0 spiro atoms. The highest BCUT2D eigenvalue weighted by molar-refractivity contribution is 5.96. The van der Waals surface area contributed by atoms with Crippen molar-refractivity contribution < 1.29 is 23.5 Å². The predicted octanol–water partition coefficient (Wildman–Crippen LogP) is 5.10. The number of Topliss-reactive ketones (excluding diaryl/α,β-unsaturated/α-hetero) is 1. The van der Waals surface area contributed by atoms with Gasteiger partial charge in [-0.25, -0.2) is 0 Å². The van der Waals surface area contributed by atoms with Crippen molar-refractivity contribution in [1.82, 2.24) is 0 Å². The van der Waals surface area contributed by atoms with Crippen molar-refractivity contribution >= 4 is 5.78 Å². The van der Waals surface area contributed by atoms with Crippen LogP contribution in [0.3, 0.4) is 0 Å². The number of quaternary nitrogens is 1. The lowest BCUT2D eigenvalue weighted by Gasteiger charge is -2.43. The number of carbonyl (C=O) groups excluding carboxylic acids is 1. The Morgan fingerprint density at radius 2 is 1.94 bits per heavy atom. The highest BCUT2D eigenvalue weighted by Gasteiger charge is 2.42. The minimum Gasteiger partial charge on any atom is -0.492 e. The summed E-state index contributed by atoms with van der Waals surface area (Å²) < 4.78 is 17.9. The molecule has 0 bridgehead atoms. The Balaban J connectivity index is 1.60. The van der Waals surface area contributed by atoms with E-state index in [0.29, 0.717) is 12.2 Å². The van der Waals surface area contributed by atoms with Crippen LogP contribution in [-0.2, 0) is 12.8 Å². The number of aryl methyl sites for hydroxylation is 1. The quantitative estimate of drug-likeness (QED) is 0.336. The molecule has 0 saturated heterocycles. The van der Waals surface area contributed by atoms with Crippen LogP contribution in [0.15, 0.2) is 30.3 Å². The first kappa shape index (κ1) is 21.7. The number of nitrogens with zero attached hydrogens (tertiary/aromatic N) is 1. The number of ether oxygens (including phenoxy) is 3. The maximum Gasteiger partial charge on any atom is 0.231 e. The SMILES string of the molecule is CCCCCc1ccc(C(=O)CC2c3c(cc4c(c3OC)OCO4)CC[N+]2(C)C)cc1. The van der Waals surface area contributed by atoms with E-state index in [1.54, 1.807) is 7.11 Å². The molecule has 0 radical (unpaired) electrons. The first-order valence-electron chi connectivity index (χ1n) is 11.4. The van der Waals surface area contributed by atoms with E-state index in [1.807, 2.05) is 12.1 Å². The van der Waals surface area contributed by atoms with Gasteiger partial charge in [0.25, 0.3) is 0 Å². The van der Waals surface area contributed by atoms with Crippen molar-refractivity contribution in [2.24, 2.45) is 0 Å². The largest absolute Gasteiger partial charge is 0.492 e. The van der Waals surface area contributed by atoms with E-state index in [1.165, 1.54) is 30.4 Å². The molecule has 2 aliphatic rings. The molecular formula is C26H34NO4+. The van der Waals surface area contributed by atoms with Gasteiger partial charge in [0.15, 0.2) is 17.3 Å². The van der Waals surface area contributed by atoms with Gasteiger partial charge in [-0.3, -0.25) is 4.79 Å². The number of methoxy groups -OCH3 is 1. The Bertz CT molecular complexity index is 949. The summed E-state index contributed by atoms with van der Waals surface area (Å²) in [6.45, 7) is 3.39. The number of benzene rings is 2. The van der Waals surface area contributed by atoms with Gasteiger partial charge in [0.2, 0.25) is 12.5 Å². The lowest BCUT2D eigenvalue weighted by molar-refractivity contribution is -0.922. The minimum absolute atomic E-state index is 0.00457. The Morgan fingerprint density at radius 1 is 1.16 bits per heavy atom. The molecule has 2 aliphatic heterocycles. The molecule has 0 aliphatic carbocycles. The van der Waals surface area contributed by atoms with Crippen LogP contribution in [0, 0.1) is 0 Å². The Labute approximate surface area is 185 Å². The number of fused-ring (bicyclic) bond motifs is 2.